The van der Waals surface area contributed by atoms with Crippen LogP contribution in [0.5, 0.6) is 0 Å². The Labute approximate surface area is 86.5 Å². The minimum Gasteiger partial charge on any atom is -0.481 e. The molecule has 88 valence electrons. The fourth-order valence-electron chi connectivity index (χ4n) is 1.99. The first-order valence-corrected chi connectivity index (χ1v) is 4.87. The summed E-state index contributed by atoms with van der Waals surface area (Å²) in [5, 5.41) is 8.89. The number of hydrogen-bond acceptors (Lipinski definition) is 1. The first kappa shape index (κ1) is 12.3. The van der Waals surface area contributed by atoms with Crippen LogP contribution in [0.15, 0.2) is 0 Å². The first-order chi connectivity index (χ1) is 6.56. The van der Waals surface area contributed by atoms with Gasteiger partial charge in [-0.3, -0.25) is 4.79 Å². The van der Waals surface area contributed by atoms with Gasteiger partial charge in [0, 0.05) is 0 Å². The van der Waals surface area contributed by atoms with E-state index < -0.39 is 24.0 Å². The molecule has 1 aliphatic carbocycles. The zero-order valence-corrected chi connectivity index (χ0v) is 8.82. The molecule has 1 unspecified atom stereocenters. The van der Waals surface area contributed by atoms with Crippen LogP contribution in [0.2, 0.25) is 0 Å². The molecular weight excluding hydrogens is 209 g/mol. The number of carboxylic acid groups (broad SMARTS) is 1. The Balaban J connectivity index is 2.74. The lowest BCUT2D eigenvalue weighted by atomic mass is 9.77. The molecule has 0 radical (unpaired) electrons. The summed E-state index contributed by atoms with van der Waals surface area (Å²) in [6.07, 6.45) is -3.90. The highest BCUT2D eigenvalue weighted by atomic mass is 19.4. The highest BCUT2D eigenvalue weighted by Gasteiger charge is 2.51. The zero-order valence-electron chi connectivity index (χ0n) is 8.82. The summed E-state index contributed by atoms with van der Waals surface area (Å²) in [5.41, 5.74) is -1.87. The summed E-state index contributed by atoms with van der Waals surface area (Å²) in [6, 6.07) is 0. The third-order valence-electron chi connectivity index (χ3n) is 3.03. The fraction of sp³-hybridized carbons (Fsp3) is 0.900. The Morgan fingerprint density at radius 3 is 2.13 bits per heavy atom. The van der Waals surface area contributed by atoms with Crippen LogP contribution in [-0.2, 0) is 4.79 Å². The second-order valence-electron chi connectivity index (χ2n) is 5.15. The van der Waals surface area contributed by atoms with Gasteiger partial charge in [0.15, 0.2) is 0 Å². The van der Waals surface area contributed by atoms with Gasteiger partial charge < -0.3 is 5.11 Å². The Hall–Kier alpha value is -0.740. The SMILES string of the molecule is CC1(CC(C)(CC(F)(F)F)C(=O)O)CC1. The fourth-order valence-corrected chi connectivity index (χ4v) is 1.99. The normalized spacial score (nSPS) is 23.3. The Kier molecular flexibility index (Phi) is 2.78. The predicted octanol–water partition coefficient (Wildman–Crippen LogP) is 3.22. The zero-order chi connectivity index (χ0) is 11.9. The molecule has 1 aliphatic rings. The minimum absolute atomic E-state index is 0.106. The van der Waals surface area contributed by atoms with Crippen molar-refractivity contribution in [3.8, 4) is 0 Å². The molecule has 1 saturated carbocycles. The van der Waals surface area contributed by atoms with Gasteiger partial charge in [-0.05, 0) is 31.6 Å². The molecule has 0 aliphatic heterocycles. The second-order valence-corrected chi connectivity index (χ2v) is 5.15. The summed E-state index contributed by atoms with van der Waals surface area (Å²) in [7, 11) is 0. The van der Waals surface area contributed by atoms with E-state index in [1.165, 1.54) is 6.92 Å². The number of alkyl halides is 3. The molecule has 0 amide bonds. The van der Waals surface area contributed by atoms with Gasteiger partial charge in [-0.15, -0.1) is 0 Å². The van der Waals surface area contributed by atoms with E-state index in [0.717, 1.165) is 12.8 Å². The molecule has 0 aromatic heterocycles. The minimum atomic E-state index is -4.42. The third-order valence-corrected chi connectivity index (χ3v) is 3.03. The van der Waals surface area contributed by atoms with Crippen LogP contribution in [0.1, 0.15) is 39.5 Å². The molecule has 1 rings (SSSR count). The number of rotatable bonds is 4. The van der Waals surface area contributed by atoms with Crippen LogP contribution in [0, 0.1) is 10.8 Å². The smallest absolute Gasteiger partial charge is 0.390 e. The average molecular weight is 224 g/mol. The number of carboxylic acids is 1. The lowest BCUT2D eigenvalue weighted by Gasteiger charge is -2.28. The lowest BCUT2D eigenvalue weighted by Crippen LogP contribution is -2.35. The van der Waals surface area contributed by atoms with Gasteiger partial charge in [0.25, 0.3) is 0 Å². The van der Waals surface area contributed by atoms with Crippen molar-refractivity contribution in [1.82, 2.24) is 0 Å². The van der Waals surface area contributed by atoms with Gasteiger partial charge >= 0.3 is 12.1 Å². The maximum atomic E-state index is 12.2. The standard InChI is InChI=1S/C10H15F3O2/c1-8(3-4-8)5-9(2,7(14)15)6-10(11,12)13/h3-6H2,1-2H3,(H,14,15). The second kappa shape index (κ2) is 3.39. The number of aliphatic carboxylic acids is 1. The van der Waals surface area contributed by atoms with Gasteiger partial charge in [-0.25, -0.2) is 0 Å². The topological polar surface area (TPSA) is 37.3 Å². The van der Waals surface area contributed by atoms with E-state index >= 15 is 0 Å². The number of hydrogen-bond donors (Lipinski definition) is 1. The van der Waals surface area contributed by atoms with Crippen molar-refractivity contribution in [3.63, 3.8) is 0 Å². The molecule has 15 heavy (non-hydrogen) atoms. The predicted molar refractivity (Wildman–Crippen MR) is 48.4 cm³/mol. The Morgan fingerprint density at radius 1 is 1.40 bits per heavy atom. The maximum Gasteiger partial charge on any atom is 0.390 e. The molecule has 2 nitrogen and oxygen atoms in total. The summed E-state index contributed by atoms with van der Waals surface area (Å²) < 4.78 is 36.7. The van der Waals surface area contributed by atoms with E-state index in [1.54, 1.807) is 0 Å². The molecule has 1 atom stereocenters. The van der Waals surface area contributed by atoms with E-state index in [0.29, 0.717) is 0 Å². The van der Waals surface area contributed by atoms with Crippen LogP contribution in [0.4, 0.5) is 13.2 Å². The van der Waals surface area contributed by atoms with Crippen LogP contribution in [-0.4, -0.2) is 17.3 Å². The third kappa shape index (κ3) is 3.39. The molecule has 1 N–H and O–H groups in total. The van der Waals surface area contributed by atoms with Crippen LogP contribution in [0.25, 0.3) is 0 Å². The van der Waals surface area contributed by atoms with E-state index in [-0.39, 0.29) is 11.8 Å². The van der Waals surface area contributed by atoms with Gasteiger partial charge in [0.1, 0.15) is 0 Å². The van der Waals surface area contributed by atoms with Gasteiger partial charge in [-0.2, -0.15) is 13.2 Å². The molecule has 0 aromatic rings. The van der Waals surface area contributed by atoms with Crippen molar-refractivity contribution in [3.05, 3.63) is 0 Å². The van der Waals surface area contributed by atoms with Crippen molar-refractivity contribution < 1.29 is 23.1 Å². The molecule has 0 spiro atoms. The van der Waals surface area contributed by atoms with Gasteiger partial charge in [0.05, 0.1) is 11.8 Å². The van der Waals surface area contributed by atoms with Gasteiger partial charge in [-0.1, -0.05) is 6.92 Å². The van der Waals surface area contributed by atoms with E-state index in [2.05, 4.69) is 0 Å². The van der Waals surface area contributed by atoms with E-state index in [4.69, 9.17) is 5.11 Å². The summed E-state index contributed by atoms with van der Waals surface area (Å²) >= 11 is 0. The first-order valence-electron chi connectivity index (χ1n) is 4.87. The van der Waals surface area contributed by atoms with Gasteiger partial charge in [0.2, 0.25) is 0 Å². The van der Waals surface area contributed by atoms with Crippen LogP contribution >= 0.6 is 0 Å². The molecule has 0 bridgehead atoms. The number of halogens is 3. The largest absolute Gasteiger partial charge is 0.481 e. The molecule has 5 heteroatoms. The van der Waals surface area contributed by atoms with Crippen molar-refractivity contribution in [2.75, 3.05) is 0 Å². The van der Waals surface area contributed by atoms with Crippen LogP contribution < -0.4 is 0 Å². The van der Waals surface area contributed by atoms with Crippen LogP contribution in [0.3, 0.4) is 0 Å². The molecule has 0 heterocycles. The summed E-state index contributed by atoms with van der Waals surface area (Å²) in [4.78, 5) is 10.9. The summed E-state index contributed by atoms with van der Waals surface area (Å²) in [5.74, 6) is -1.35. The monoisotopic (exact) mass is 224 g/mol. The average Bonchev–Trinajstić information content (AvgIpc) is 2.62. The van der Waals surface area contributed by atoms with Crippen molar-refractivity contribution in [2.24, 2.45) is 10.8 Å². The van der Waals surface area contributed by atoms with Crippen molar-refractivity contribution in [2.45, 2.75) is 45.7 Å². The maximum absolute atomic E-state index is 12.2. The highest BCUT2D eigenvalue weighted by Crippen LogP contribution is 2.54. The quantitative estimate of drug-likeness (QED) is 0.796. The summed E-state index contributed by atoms with van der Waals surface area (Å²) in [6.45, 7) is 3.02. The lowest BCUT2D eigenvalue weighted by molar-refractivity contribution is -0.179. The molecule has 0 aromatic carbocycles. The van der Waals surface area contributed by atoms with E-state index in [9.17, 15) is 18.0 Å². The highest BCUT2D eigenvalue weighted by molar-refractivity contribution is 5.74. The van der Waals surface area contributed by atoms with Crippen molar-refractivity contribution in [1.29, 1.82) is 0 Å². The van der Waals surface area contributed by atoms with Crippen molar-refractivity contribution >= 4 is 5.97 Å². The van der Waals surface area contributed by atoms with E-state index in [1.807, 2.05) is 6.92 Å². The molecule has 1 fully saturated rings. The number of carbonyl (C=O) groups is 1. The molecular formula is C10H15F3O2. The Bertz CT molecular complexity index is 259. The molecule has 0 saturated heterocycles. The Morgan fingerprint density at radius 2 is 1.87 bits per heavy atom.